The predicted octanol–water partition coefficient (Wildman–Crippen LogP) is 17.2. The first-order valence-electron chi connectivity index (χ1n) is 23.8. The standard InChI is InChI=1S/C66H41N3S/c1-4-18-45(19-5-1)63-67-64(47-36-37-54-53-27-14-15-30-58(53)66(59(54)39-47,48-21-6-2-7-22-48)49-23-8-3-9-24-49)69-65(68-63)57-41-61-62(55-28-13-12-26-52(55)57)56-38-35-46(40-60(56)70-61)42-31-33-44(34-32-42)51-29-16-20-43-17-10-11-25-50(43)51/h1-41H. The first-order chi connectivity index (χ1) is 34.7. The lowest BCUT2D eigenvalue weighted by molar-refractivity contribution is 0.768. The predicted molar refractivity (Wildman–Crippen MR) is 292 cm³/mol. The van der Waals surface area contributed by atoms with Crippen molar-refractivity contribution in [3.8, 4) is 67.5 Å². The van der Waals surface area contributed by atoms with Crippen LogP contribution in [-0.2, 0) is 5.41 Å². The van der Waals surface area contributed by atoms with Crippen LogP contribution in [0.2, 0.25) is 0 Å². The molecule has 4 heteroatoms. The van der Waals surface area contributed by atoms with Gasteiger partial charge in [0.15, 0.2) is 17.5 Å². The summed E-state index contributed by atoms with van der Waals surface area (Å²) < 4.78 is 2.44. The highest BCUT2D eigenvalue weighted by Crippen LogP contribution is 2.56. The lowest BCUT2D eigenvalue weighted by Crippen LogP contribution is -2.28. The fourth-order valence-electron chi connectivity index (χ4n) is 11.2. The van der Waals surface area contributed by atoms with Gasteiger partial charge < -0.3 is 0 Å². The molecule has 0 aliphatic heterocycles. The van der Waals surface area contributed by atoms with Crippen molar-refractivity contribution in [2.24, 2.45) is 0 Å². The van der Waals surface area contributed by atoms with Gasteiger partial charge in [0, 0.05) is 36.9 Å². The Morgan fingerprint density at radius 2 is 0.843 bits per heavy atom. The van der Waals surface area contributed by atoms with E-state index in [-0.39, 0.29) is 0 Å². The van der Waals surface area contributed by atoms with Gasteiger partial charge in [-0.2, -0.15) is 0 Å². The van der Waals surface area contributed by atoms with Gasteiger partial charge in [-0.3, -0.25) is 0 Å². The summed E-state index contributed by atoms with van der Waals surface area (Å²) in [5, 5.41) is 7.32. The van der Waals surface area contributed by atoms with Crippen LogP contribution in [0.4, 0.5) is 0 Å². The third-order valence-electron chi connectivity index (χ3n) is 14.4. The molecule has 0 radical (unpaired) electrons. The average Bonchev–Trinajstić information content (AvgIpc) is 3.96. The molecule has 0 bridgehead atoms. The lowest BCUT2D eigenvalue weighted by Gasteiger charge is -2.34. The Hall–Kier alpha value is -8.83. The number of nitrogens with zero attached hydrogens (tertiary/aromatic N) is 3. The Morgan fingerprint density at radius 1 is 0.286 bits per heavy atom. The minimum atomic E-state index is -0.550. The highest BCUT2D eigenvalue weighted by atomic mass is 32.1. The zero-order valence-electron chi connectivity index (χ0n) is 37.9. The van der Waals surface area contributed by atoms with E-state index in [9.17, 15) is 0 Å². The number of hydrogen-bond donors (Lipinski definition) is 0. The van der Waals surface area contributed by atoms with Crippen molar-refractivity contribution >= 4 is 53.1 Å². The normalized spacial score (nSPS) is 12.7. The summed E-state index contributed by atoms with van der Waals surface area (Å²) in [4.78, 5) is 16.1. The summed E-state index contributed by atoms with van der Waals surface area (Å²) in [6.07, 6.45) is 0. The first-order valence-corrected chi connectivity index (χ1v) is 24.6. The molecule has 2 heterocycles. The molecule has 0 spiro atoms. The van der Waals surface area contributed by atoms with Gasteiger partial charge in [0.25, 0.3) is 0 Å². The Kier molecular flexibility index (Phi) is 9.29. The zero-order valence-corrected chi connectivity index (χ0v) is 38.7. The molecular weight excluding hydrogens is 867 g/mol. The van der Waals surface area contributed by atoms with E-state index in [4.69, 9.17) is 15.0 Å². The molecule has 14 rings (SSSR count). The fourth-order valence-corrected chi connectivity index (χ4v) is 12.5. The topological polar surface area (TPSA) is 38.7 Å². The molecule has 0 amide bonds. The summed E-state index contributed by atoms with van der Waals surface area (Å²) in [6.45, 7) is 0. The summed E-state index contributed by atoms with van der Waals surface area (Å²) >= 11 is 1.83. The Morgan fingerprint density at radius 3 is 1.61 bits per heavy atom. The van der Waals surface area contributed by atoms with Gasteiger partial charge in [0.2, 0.25) is 0 Å². The lowest BCUT2D eigenvalue weighted by atomic mass is 9.67. The van der Waals surface area contributed by atoms with E-state index in [1.54, 1.807) is 0 Å². The van der Waals surface area contributed by atoms with Crippen LogP contribution in [-0.4, -0.2) is 15.0 Å². The van der Waals surface area contributed by atoms with Crippen LogP contribution in [0.25, 0.3) is 109 Å². The second kappa shape index (κ2) is 16.2. The van der Waals surface area contributed by atoms with Crippen LogP contribution >= 0.6 is 11.3 Å². The SMILES string of the molecule is c1ccc(-c2nc(-c3ccc4c(c3)C(c3ccccc3)(c3ccccc3)c3ccccc3-4)nc(-c3cc4sc5cc(-c6ccc(-c7cccc8ccccc78)cc6)ccc5c4c4ccccc34)n2)cc1. The van der Waals surface area contributed by atoms with Crippen molar-refractivity contribution in [2.75, 3.05) is 0 Å². The van der Waals surface area contributed by atoms with Gasteiger partial charge >= 0.3 is 0 Å². The van der Waals surface area contributed by atoms with E-state index >= 15 is 0 Å². The number of thiophene rings is 1. The molecular formula is C66H41N3S. The minimum absolute atomic E-state index is 0.550. The maximum Gasteiger partial charge on any atom is 0.164 e. The van der Waals surface area contributed by atoms with Crippen molar-refractivity contribution in [2.45, 2.75) is 5.41 Å². The Balaban J connectivity index is 0.925. The van der Waals surface area contributed by atoms with Crippen LogP contribution in [0.3, 0.4) is 0 Å². The van der Waals surface area contributed by atoms with Crippen molar-refractivity contribution in [3.05, 3.63) is 271 Å². The number of aromatic nitrogens is 3. The highest BCUT2D eigenvalue weighted by molar-refractivity contribution is 7.26. The smallest absolute Gasteiger partial charge is 0.164 e. The molecule has 326 valence electrons. The molecule has 3 nitrogen and oxygen atoms in total. The van der Waals surface area contributed by atoms with Crippen LogP contribution in [0.15, 0.2) is 249 Å². The third kappa shape index (κ3) is 6.31. The highest BCUT2D eigenvalue weighted by Gasteiger charge is 2.46. The van der Waals surface area contributed by atoms with Gasteiger partial charge in [-0.25, -0.2) is 15.0 Å². The van der Waals surface area contributed by atoms with Crippen LogP contribution in [0.1, 0.15) is 22.3 Å². The van der Waals surface area contributed by atoms with Crippen molar-refractivity contribution < 1.29 is 0 Å². The van der Waals surface area contributed by atoms with Crippen molar-refractivity contribution in [1.29, 1.82) is 0 Å². The molecule has 0 N–H and O–H groups in total. The molecule has 0 fully saturated rings. The van der Waals surface area contributed by atoms with Crippen LogP contribution < -0.4 is 0 Å². The first kappa shape index (κ1) is 40.3. The van der Waals surface area contributed by atoms with Crippen LogP contribution in [0.5, 0.6) is 0 Å². The van der Waals surface area contributed by atoms with E-state index in [1.807, 2.05) is 29.5 Å². The van der Waals surface area contributed by atoms with E-state index in [0.29, 0.717) is 17.5 Å². The van der Waals surface area contributed by atoms with Crippen LogP contribution in [0, 0.1) is 0 Å². The molecule has 13 aromatic rings. The molecule has 0 atom stereocenters. The number of benzene rings is 11. The molecule has 0 saturated heterocycles. The molecule has 2 aromatic heterocycles. The van der Waals surface area contributed by atoms with Gasteiger partial charge in [-0.05, 0) is 95.4 Å². The van der Waals surface area contributed by atoms with Crippen molar-refractivity contribution in [3.63, 3.8) is 0 Å². The van der Waals surface area contributed by atoms with Gasteiger partial charge in [0.05, 0.1) is 5.41 Å². The van der Waals surface area contributed by atoms with Gasteiger partial charge in [-0.1, -0.05) is 231 Å². The average molecular weight is 908 g/mol. The van der Waals surface area contributed by atoms with E-state index in [0.717, 1.165) is 22.1 Å². The molecule has 1 aliphatic carbocycles. The monoisotopic (exact) mass is 907 g/mol. The van der Waals surface area contributed by atoms with E-state index < -0.39 is 5.41 Å². The summed E-state index contributed by atoms with van der Waals surface area (Å²) in [5.41, 5.74) is 14.5. The number of rotatable bonds is 7. The zero-order chi connectivity index (χ0) is 46.2. The Bertz CT molecular complexity index is 4120. The largest absolute Gasteiger partial charge is 0.208 e. The second-order valence-corrected chi connectivity index (χ2v) is 19.3. The molecule has 1 aliphatic rings. The maximum absolute atomic E-state index is 5.46. The Labute approximate surface area is 409 Å². The molecule has 11 aromatic carbocycles. The third-order valence-corrected chi connectivity index (χ3v) is 15.5. The summed E-state index contributed by atoms with van der Waals surface area (Å²) in [5.74, 6) is 1.92. The fraction of sp³-hybridized carbons (Fsp3) is 0.0152. The summed E-state index contributed by atoms with van der Waals surface area (Å²) in [7, 11) is 0. The quantitative estimate of drug-likeness (QED) is 0.160. The van der Waals surface area contributed by atoms with Gasteiger partial charge in [-0.15, -0.1) is 11.3 Å². The van der Waals surface area contributed by atoms with E-state index in [1.165, 1.54) is 92.0 Å². The van der Waals surface area contributed by atoms with Gasteiger partial charge in [0.1, 0.15) is 0 Å². The second-order valence-electron chi connectivity index (χ2n) is 18.2. The van der Waals surface area contributed by atoms with E-state index in [2.05, 4.69) is 231 Å². The summed E-state index contributed by atoms with van der Waals surface area (Å²) in [6, 6.07) is 90.0. The van der Waals surface area contributed by atoms with Crippen molar-refractivity contribution in [1.82, 2.24) is 15.0 Å². The maximum atomic E-state index is 5.46. The number of fused-ring (bicyclic) bond motifs is 9. The molecule has 0 saturated carbocycles. The molecule has 0 unspecified atom stereocenters. The minimum Gasteiger partial charge on any atom is -0.208 e. The molecule has 70 heavy (non-hydrogen) atoms. The number of hydrogen-bond acceptors (Lipinski definition) is 4.